The predicted molar refractivity (Wildman–Crippen MR) is 95.4 cm³/mol. The van der Waals surface area contributed by atoms with E-state index < -0.39 is 0 Å². The SMILES string of the molecule is O=C(NCCCCN1CCN(c2ccccc2)CC1)c1ccco1. The molecule has 1 aromatic heterocycles. The molecule has 0 bridgehead atoms. The highest BCUT2D eigenvalue weighted by Gasteiger charge is 2.16. The van der Waals surface area contributed by atoms with E-state index in [4.69, 9.17) is 4.42 Å². The average Bonchev–Trinajstić information content (AvgIpc) is 3.17. The van der Waals surface area contributed by atoms with Gasteiger partial charge < -0.3 is 14.6 Å². The Hall–Kier alpha value is -2.27. The van der Waals surface area contributed by atoms with Crippen molar-refractivity contribution in [2.75, 3.05) is 44.2 Å². The maximum absolute atomic E-state index is 11.7. The highest BCUT2D eigenvalue weighted by molar-refractivity contribution is 5.91. The van der Waals surface area contributed by atoms with Gasteiger partial charge >= 0.3 is 0 Å². The first-order valence-corrected chi connectivity index (χ1v) is 8.67. The quantitative estimate of drug-likeness (QED) is 0.794. The molecule has 1 aromatic carbocycles. The van der Waals surface area contributed by atoms with Crippen molar-refractivity contribution < 1.29 is 9.21 Å². The topological polar surface area (TPSA) is 48.7 Å². The summed E-state index contributed by atoms with van der Waals surface area (Å²) in [5.41, 5.74) is 1.32. The number of carbonyl (C=O) groups excluding carboxylic acids is 1. The van der Waals surface area contributed by atoms with Gasteiger partial charge in [-0.25, -0.2) is 0 Å². The number of piperazine rings is 1. The summed E-state index contributed by atoms with van der Waals surface area (Å²) >= 11 is 0. The lowest BCUT2D eigenvalue weighted by molar-refractivity contribution is 0.0925. The molecular weight excluding hydrogens is 302 g/mol. The van der Waals surface area contributed by atoms with Crippen LogP contribution in [0, 0.1) is 0 Å². The van der Waals surface area contributed by atoms with Crippen molar-refractivity contribution in [3.63, 3.8) is 0 Å². The van der Waals surface area contributed by atoms with Gasteiger partial charge in [0.1, 0.15) is 0 Å². The Balaban J connectivity index is 1.28. The molecule has 0 spiro atoms. The fourth-order valence-corrected chi connectivity index (χ4v) is 3.03. The van der Waals surface area contributed by atoms with Crippen LogP contribution in [0.5, 0.6) is 0 Å². The number of carbonyl (C=O) groups is 1. The van der Waals surface area contributed by atoms with E-state index in [1.807, 2.05) is 0 Å². The molecule has 0 unspecified atom stereocenters. The molecule has 3 rings (SSSR count). The second-order valence-electron chi connectivity index (χ2n) is 6.10. The summed E-state index contributed by atoms with van der Waals surface area (Å²) in [7, 11) is 0. The van der Waals surface area contributed by atoms with Crippen LogP contribution in [0.2, 0.25) is 0 Å². The normalized spacial score (nSPS) is 15.4. The third-order valence-corrected chi connectivity index (χ3v) is 4.43. The van der Waals surface area contributed by atoms with Crippen LogP contribution in [0.3, 0.4) is 0 Å². The number of nitrogens with one attached hydrogen (secondary N) is 1. The van der Waals surface area contributed by atoms with E-state index in [1.165, 1.54) is 12.0 Å². The number of unbranched alkanes of at least 4 members (excludes halogenated alkanes) is 1. The van der Waals surface area contributed by atoms with Crippen LogP contribution < -0.4 is 10.2 Å². The largest absolute Gasteiger partial charge is 0.459 e. The summed E-state index contributed by atoms with van der Waals surface area (Å²) in [5, 5.41) is 2.89. The van der Waals surface area contributed by atoms with E-state index in [0.717, 1.165) is 45.6 Å². The van der Waals surface area contributed by atoms with Gasteiger partial charge in [-0.1, -0.05) is 18.2 Å². The minimum absolute atomic E-state index is 0.128. The van der Waals surface area contributed by atoms with E-state index in [-0.39, 0.29) is 5.91 Å². The minimum atomic E-state index is -0.128. The fraction of sp³-hybridized carbons (Fsp3) is 0.421. The molecule has 1 fully saturated rings. The van der Waals surface area contributed by atoms with Gasteiger partial charge in [-0.05, 0) is 43.7 Å². The third-order valence-electron chi connectivity index (χ3n) is 4.43. The Morgan fingerprint density at radius 3 is 2.50 bits per heavy atom. The van der Waals surface area contributed by atoms with Crippen LogP contribution in [-0.4, -0.2) is 50.1 Å². The fourth-order valence-electron chi connectivity index (χ4n) is 3.03. The van der Waals surface area contributed by atoms with Gasteiger partial charge in [0, 0.05) is 38.4 Å². The van der Waals surface area contributed by atoms with Gasteiger partial charge in [0.05, 0.1) is 6.26 Å². The summed E-state index contributed by atoms with van der Waals surface area (Å²) in [4.78, 5) is 16.7. The molecule has 1 amide bonds. The number of anilines is 1. The van der Waals surface area contributed by atoms with E-state index in [1.54, 1.807) is 12.1 Å². The van der Waals surface area contributed by atoms with Gasteiger partial charge in [0.2, 0.25) is 0 Å². The number of hydrogen-bond donors (Lipinski definition) is 1. The minimum Gasteiger partial charge on any atom is -0.459 e. The van der Waals surface area contributed by atoms with Crippen molar-refractivity contribution >= 4 is 11.6 Å². The van der Waals surface area contributed by atoms with E-state index in [9.17, 15) is 4.79 Å². The molecule has 24 heavy (non-hydrogen) atoms. The first-order valence-electron chi connectivity index (χ1n) is 8.67. The molecule has 0 saturated carbocycles. The van der Waals surface area contributed by atoms with Gasteiger partial charge in [0.15, 0.2) is 5.76 Å². The number of amides is 1. The molecule has 2 heterocycles. The highest BCUT2D eigenvalue weighted by Crippen LogP contribution is 2.15. The van der Waals surface area contributed by atoms with Gasteiger partial charge in [0.25, 0.3) is 5.91 Å². The Morgan fingerprint density at radius 1 is 1.00 bits per heavy atom. The van der Waals surface area contributed by atoms with E-state index >= 15 is 0 Å². The molecular formula is C19H25N3O2. The Kier molecular flexibility index (Phi) is 5.90. The summed E-state index contributed by atoms with van der Waals surface area (Å²) < 4.78 is 5.07. The van der Waals surface area contributed by atoms with Crippen LogP contribution in [0.4, 0.5) is 5.69 Å². The molecule has 1 N–H and O–H groups in total. The maximum atomic E-state index is 11.7. The molecule has 0 radical (unpaired) electrons. The highest BCUT2D eigenvalue weighted by atomic mass is 16.3. The maximum Gasteiger partial charge on any atom is 0.286 e. The average molecular weight is 327 g/mol. The van der Waals surface area contributed by atoms with Crippen LogP contribution in [0.1, 0.15) is 23.4 Å². The van der Waals surface area contributed by atoms with Gasteiger partial charge in [-0.15, -0.1) is 0 Å². The zero-order valence-corrected chi connectivity index (χ0v) is 14.0. The third kappa shape index (κ3) is 4.61. The van der Waals surface area contributed by atoms with Gasteiger partial charge in [-0.2, -0.15) is 0 Å². The molecule has 1 aliphatic rings. The lowest BCUT2D eigenvalue weighted by Gasteiger charge is -2.36. The van der Waals surface area contributed by atoms with Crippen LogP contribution in [0.25, 0.3) is 0 Å². The molecule has 0 aliphatic carbocycles. The molecule has 5 heteroatoms. The molecule has 0 atom stereocenters. The summed E-state index contributed by atoms with van der Waals surface area (Å²) in [6.45, 7) is 6.17. The molecule has 1 aliphatic heterocycles. The molecule has 5 nitrogen and oxygen atoms in total. The second kappa shape index (κ2) is 8.55. The second-order valence-corrected chi connectivity index (χ2v) is 6.10. The number of rotatable bonds is 7. The zero-order chi connectivity index (χ0) is 16.6. The monoisotopic (exact) mass is 327 g/mol. The van der Waals surface area contributed by atoms with Crippen LogP contribution in [0.15, 0.2) is 53.1 Å². The molecule has 1 saturated heterocycles. The first kappa shape index (κ1) is 16.6. The van der Waals surface area contributed by atoms with Crippen molar-refractivity contribution in [2.24, 2.45) is 0 Å². The summed E-state index contributed by atoms with van der Waals surface area (Å²) in [6, 6.07) is 14.0. The zero-order valence-electron chi connectivity index (χ0n) is 14.0. The number of furan rings is 1. The number of para-hydroxylation sites is 1. The van der Waals surface area contributed by atoms with Crippen LogP contribution >= 0.6 is 0 Å². The Bertz CT molecular complexity index is 605. The van der Waals surface area contributed by atoms with Crippen molar-refractivity contribution in [1.29, 1.82) is 0 Å². The lowest BCUT2D eigenvalue weighted by atomic mass is 10.2. The van der Waals surface area contributed by atoms with E-state index in [2.05, 4.69) is 45.4 Å². The molecule has 128 valence electrons. The lowest BCUT2D eigenvalue weighted by Crippen LogP contribution is -2.46. The van der Waals surface area contributed by atoms with Crippen LogP contribution in [-0.2, 0) is 0 Å². The Labute approximate surface area is 143 Å². The Morgan fingerprint density at radius 2 is 1.79 bits per heavy atom. The number of hydrogen-bond acceptors (Lipinski definition) is 4. The van der Waals surface area contributed by atoms with Crippen molar-refractivity contribution in [3.8, 4) is 0 Å². The number of nitrogens with zero attached hydrogens (tertiary/aromatic N) is 2. The predicted octanol–water partition coefficient (Wildman–Crippen LogP) is 2.61. The summed E-state index contributed by atoms with van der Waals surface area (Å²) in [6.07, 6.45) is 3.61. The van der Waals surface area contributed by atoms with E-state index in [0.29, 0.717) is 12.3 Å². The number of benzene rings is 1. The first-order chi connectivity index (χ1) is 11.8. The molecule has 2 aromatic rings. The van der Waals surface area contributed by atoms with Crippen molar-refractivity contribution in [1.82, 2.24) is 10.2 Å². The smallest absolute Gasteiger partial charge is 0.286 e. The standard InChI is InChI=1S/C19H25N3O2/c23-19(18-9-6-16-24-18)20-10-4-5-11-21-12-14-22(15-13-21)17-7-2-1-3-8-17/h1-3,6-9,16H,4-5,10-15H2,(H,20,23). The summed E-state index contributed by atoms with van der Waals surface area (Å²) in [5.74, 6) is 0.253. The van der Waals surface area contributed by atoms with Gasteiger partial charge in [-0.3, -0.25) is 9.69 Å². The van der Waals surface area contributed by atoms with Crippen molar-refractivity contribution in [3.05, 3.63) is 54.5 Å². The van der Waals surface area contributed by atoms with Crippen molar-refractivity contribution in [2.45, 2.75) is 12.8 Å².